The van der Waals surface area contributed by atoms with Gasteiger partial charge in [0.2, 0.25) is 5.91 Å². The Kier molecular flexibility index (Phi) is 12.7. The smallest absolute Gasteiger partial charge is 0.220 e. The Balaban J connectivity index is 0.813. The fraction of sp³-hybridized carbons (Fsp3) is 0.373. The van der Waals surface area contributed by atoms with Gasteiger partial charge in [-0.3, -0.25) is 9.69 Å². The van der Waals surface area contributed by atoms with E-state index in [2.05, 4.69) is 75.6 Å². The van der Waals surface area contributed by atoms with E-state index in [0.717, 1.165) is 91.7 Å². The maximum atomic E-state index is 12.8. The van der Waals surface area contributed by atoms with Crippen LogP contribution in [-0.4, -0.2) is 95.9 Å². The number of carbonyl (C=O) groups excluding carboxylic acids is 6. The molecule has 4 heterocycles. The third kappa shape index (κ3) is 8.17. The minimum absolute atomic E-state index is 0.00964. The van der Waals surface area contributed by atoms with Crippen molar-refractivity contribution in [1.82, 2.24) is 25.1 Å². The Morgan fingerprint density at radius 1 is 0.877 bits per heavy atom. The first-order valence-electron chi connectivity index (χ1n) is 22.3. The first-order valence-corrected chi connectivity index (χ1v) is 22.3. The number of hydrogen-bond donors (Lipinski definition) is 4. The van der Waals surface area contributed by atoms with E-state index in [1.165, 1.54) is 15.8 Å². The van der Waals surface area contributed by atoms with E-state index < -0.39 is 11.5 Å². The zero-order valence-electron chi connectivity index (χ0n) is 36.8. The number of amides is 1. The highest BCUT2D eigenvalue weighted by molar-refractivity contribution is 6.10. The number of anilines is 2. The van der Waals surface area contributed by atoms with Gasteiger partial charge in [-0.15, -0.1) is 0 Å². The first-order chi connectivity index (χ1) is 31.6. The monoisotopic (exact) mass is 870 g/mol. The maximum absolute atomic E-state index is 12.8. The number of aromatic amines is 1. The number of unbranched alkanes of at least 4 members (excludes halogenated alkanes) is 2. The molecule has 0 bridgehead atoms. The van der Waals surface area contributed by atoms with Crippen LogP contribution in [0.3, 0.4) is 0 Å². The highest BCUT2D eigenvalue weighted by Crippen LogP contribution is 2.49. The molecule has 5 aromatic rings. The van der Waals surface area contributed by atoms with Crippen LogP contribution < -0.4 is 31.5 Å². The molecule has 1 atom stereocenters. The van der Waals surface area contributed by atoms with Crippen LogP contribution >= 0.6 is 0 Å². The molecule has 0 saturated carbocycles. The van der Waals surface area contributed by atoms with Crippen molar-refractivity contribution >= 4 is 74.2 Å². The van der Waals surface area contributed by atoms with Crippen molar-refractivity contribution in [3.05, 3.63) is 104 Å². The zero-order valence-corrected chi connectivity index (χ0v) is 36.8. The number of hydrogen-bond acceptors (Lipinski definition) is 11. The van der Waals surface area contributed by atoms with Gasteiger partial charge < -0.3 is 30.4 Å². The molecule has 14 nitrogen and oxygen atoms in total. The first kappa shape index (κ1) is 44.2. The molecule has 4 N–H and O–H groups in total. The van der Waals surface area contributed by atoms with Gasteiger partial charge in [0, 0.05) is 102 Å². The molecule has 2 saturated heterocycles. The lowest BCUT2D eigenvalue weighted by Crippen LogP contribution is -2.47. The van der Waals surface area contributed by atoms with Crippen molar-refractivity contribution in [3.63, 3.8) is 0 Å². The zero-order chi connectivity index (χ0) is 45.8. The van der Waals surface area contributed by atoms with Gasteiger partial charge in [-0.1, -0.05) is 45.4 Å². The predicted molar refractivity (Wildman–Crippen MR) is 248 cm³/mol. The van der Waals surface area contributed by atoms with E-state index in [4.69, 9.17) is 0 Å². The Morgan fingerprint density at radius 3 is 2.38 bits per heavy atom. The number of nitrogens with zero attached hydrogens (tertiary/aromatic N) is 4. The number of H-pyrrole nitrogens is 1. The number of piperidine rings is 1. The molecule has 1 aliphatic carbocycles. The quantitative estimate of drug-likeness (QED) is 0.0998. The van der Waals surface area contributed by atoms with Crippen molar-refractivity contribution in [1.29, 1.82) is 5.26 Å². The average Bonchev–Trinajstić information content (AvgIpc) is 3.89. The molecule has 3 aromatic carbocycles. The summed E-state index contributed by atoms with van der Waals surface area (Å²) in [4.78, 5) is 81.6. The van der Waals surface area contributed by atoms with Crippen LogP contribution in [-0.2, 0) is 40.6 Å². The van der Waals surface area contributed by atoms with Crippen LogP contribution in [0.1, 0.15) is 98.8 Å². The largest absolute Gasteiger partial charge is 0.383 e. The molecule has 3 aliphatic rings. The second-order valence-electron chi connectivity index (χ2n) is 17.4. The highest BCUT2D eigenvalue weighted by Gasteiger charge is 2.39. The standard InChI is InChI=1S/C51H50N8O6/c1-4-33-24-37-38(28-61)48-35-14-12-32(26-52)23-41(35)56-50(48)51(2,3)39(37)25-44(33)58-21-19-57(20-22-58)18-7-5-6-11-47(65)54-17-16-53-40-10-8-9-36-45(30-63)59(46(31-64)49(36)40)43-15-13-34(27-60)55-42(43)29-62/h8-10,12,14,23-25,43,53,55-56H,4-7,11,13,15-22H2,1-3H3,(H,54,65). The number of nitriles is 1. The lowest BCUT2D eigenvalue weighted by Gasteiger charge is -2.39. The van der Waals surface area contributed by atoms with E-state index in [0.29, 0.717) is 47.1 Å². The van der Waals surface area contributed by atoms with Crippen LogP contribution in [0.4, 0.5) is 11.4 Å². The minimum atomic E-state index is -0.756. The van der Waals surface area contributed by atoms with Crippen LogP contribution in [0.15, 0.2) is 59.9 Å². The molecule has 2 aromatic heterocycles. The van der Waals surface area contributed by atoms with Crippen molar-refractivity contribution in [3.8, 4) is 6.07 Å². The van der Waals surface area contributed by atoms with E-state index >= 15 is 0 Å². The van der Waals surface area contributed by atoms with E-state index in [1.807, 2.05) is 24.0 Å². The van der Waals surface area contributed by atoms with Gasteiger partial charge >= 0.3 is 0 Å². The summed E-state index contributed by atoms with van der Waals surface area (Å²) in [5, 5.41) is 20.4. The van der Waals surface area contributed by atoms with Gasteiger partial charge in [0.1, 0.15) is 39.9 Å². The number of aromatic nitrogens is 2. The summed E-state index contributed by atoms with van der Waals surface area (Å²) in [6.45, 7) is 11.8. The van der Waals surface area contributed by atoms with E-state index in [9.17, 15) is 34.0 Å². The molecular formula is C51H50N8O6. The minimum Gasteiger partial charge on any atom is -0.383 e. The summed E-state index contributed by atoms with van der Waals surface area (Å²) in [7, 11) is 0. The predicted octanol–water partition coefficient (Wildman–Crippen LogP) is 3.73. The lowest BCUT2D eigenvalue weighted by molar-refractivity contribution is -0.121. The molecule has 330 valence electrons. The second kappa shape index (κ2) is 18.7. The number of rotatable bonds is 13. The van der Waals surface area contributed by atoms with Crippen molar-refractivity contribution in [2.24, 2.45) is 0 Å². The van der Waals surface area contributed by atoms with Crippen LogP contribution in [0.2, 0.25) is 0 Å². The van der Waals surface area contributed by atoms with Crippen LogP contribution in [0, 0.1) is 11.3 Å². The van der Waals surface area contributed by atoms with Gasteiger partial charge in [-0.25, -0.2) is 24.0 Å². The van der Waals surface area contributed by atoms with Gasteiger partial charge in [0.05, 0.1) is 23.2 Å². The third-order valence-electron chi connectivity index (χ3n) is 13.4. The fourth-order valence-electron chi connectivity index (χ4n) is 10.00. The number of piperazine rings is 1. The molecule has 0 spiro atoms. The van der Waals surface area contributed by atoms with Gasteiger partial charge in [-0.05, 0) is 79.3 Å². The van der Waals surface area contributed by atoms with Gasteiger partial charge in [0.25, 0.3) is 0 Å². The second-order valence-corrected chi connectivity index (χ2v) is 17.4. The molecule has 1 amide bonds. The normalized spacial score (nSPS) is 16.6. The number of allylic oxidation sites excluding steroid dienone is 2. The lowest BCUT2D eigenvalue weighted by atomic mass is 9.69. The van der Waals surface area contributed by atoms with Crippen LogP contribution in [0.5, 0.6) is 0 Å². The molecule has 14 heteroatoms. The maximum Gasteiger partial charge on any atom is 0.220 e. The number of aryl methyl sites for hydroxylation is 1. The molecule has 2 aliphatic heterocycles. The number of benzene rings is 3. The number of nitrogens with one attached hydrogen (secondary N) is 4. The average molecular weight is 871 g/mol. The highest BCUT2D eigenvalue weighted by atomic mass is 16.1. The molecular weight excluding hydrogens is 821 g/mol. The molecule has 8 rings (SSSR count). The Morgan fingerprint density at radius 2 is 1.68 bits per heavy atom. The van der Waals surface area contributed by atoms with Crippen LogP contribution in [0.25, 0.3) is 27.2 Å². The summed E-state index contributed by atoms with van der Waals surface area (Å²) in [5.74, 6) is 9.67. The molecule has 2 fully saturated rings. The molecule has 0 radical (unpaired) electrons. The SMILES string of the molecule is CCc1cc2c(cc1N1CCN(CCCCCC(=O)NCCNc3cccc4c(=C=O)n(C5CCC(=C=O)NC5=C=O)c(=C=O)c34)CC1)C(C)(C)c1[nH]c3cc(C#N)ccc3c1C2=C=O. The fourth-order valence-corrected chi connectivity index (χ4v) is 10.00. The van der Waals surface area contributed by atoms with Crippen molar-refractivity contribution < 1.29 is 28.8 Å². The van der Waals surface area contributed by atoms with E-state index in [1.54, 1.807) is 36.1 Å². The van der Waals surface area contributed by atoms with Gasteiger partial charge in [-0.2, -0.15) is 5.26 Å². The number of carbonyl (C=O) groups is 1. The van der Waals surface area contributed by atoms with Crippen molar-refractivity contribution in [2.75, 3.05) is 56.0 Å². The summed E-state index contributed by atoms with van der Waals surface area (Å²) in [6, 6.07) is 16.7. The Bertz CT molecular complexity index is 3120. The van der Waals surface area contributed by atoms with Crippen molar-refractivity contribution in [2.45, 2.75) is 77.2 Å². The topological polar surface area (TPSA) is 189 Å². The summed E-state index contributed by atoms with van der Waals surface area (Å²) >= 11 is 0. The molecule has 1 unspecified atom stereocenters. The summed E-state index contributed by atoms with van der Waals surface area (Å²) in [5.41, 5.74) is 8.56. The summed E-state index contributed by atoms with van der Waals surface area (Å²) < 4.78 is 1.42. The van der Waals surface area contributed by atoms with Gasteiger partial charge in [0.15, 0.2) is 11.9 Å². The Hall–Kier alpha value is -7.43. The molecule has 65 heavy (non-hydrogen) atoms. The Labute approximate surface area is 375 Å². The third-order valence-corrected chi connectivity index (χ3v) is 13.4. The summed E-state index contributed by atoms with van der Waals surface area (Å²) in [6.07, 6.45) is 4.45. The number of fused-ring (bicyclic) bond motifs is 5. The van der Waals surface area contributed by atoms with E-state index in [-0.39, 0.29) is 40.8 Å².